The van der Waals surface area contributed by atoms with E-state index in [0.29, 0.717) is 18.7 Å². The van der Waals surface area contributed by atoms with E-state index in [0.717, 1.165) is 34.8 Å². The van der Waals surface area contributed by atoms with E-state index in [1.165, 1.54) is 17.7 Å². The first-order valence-corrected chi connectivity index (χ1v) is 8.40. The van der Waals surface area contributed by atoms with Gasteiger partial charge in [0.25, 0.3) is 0 Å². The third-order valence-corrected chi connectivity index (χ3v) is 4.46. The van der Waals surface area contributed by atoms with E-state index in [4.69, 9.17) is 4.74 Å². The van der Waals surface area contributed by atoms with Gasteiger partial charge in [0.1, 0.15) is 5.75 Å². The highest BCUT2D eigenvalue weighted by atomic mass is 19.4. The van der Waals surface area contributed by atoms with Crippen LogP contribution in [0.5, 0.6) is 5.75 Å². The van der Waals surface area contributed by atoms with Crippen molar-refractivity contribution < 1.29 is 17.9 Å². The molecule has 0 spiro atoms. The smallest absolute Gasteiger partial charge is 0.416 e. The van der Waals surface area contributed by atoms with E-state index in [9.17, 15) is 13.2 Å². The Kier molecular flexibility index (Phi) is 5.23. The summed E-state index contributed by atoms with van der Waals surface area (Å²) in [5, 5.41) is 4.34. The number of hydrogen-bond donors (Lipinski definition) is 2. The number of rotatable bonds is 6. The van der Waals surface area contributed by atoms with Gasteiger partial charge in [0.05, 0.1) is 12.7 Å². The Balaban J connectivity index is 1.64. The minimum absolute atomic E-state index is 0.397. The van der Waals surface area contributed by atoms with Crippen LogP contribution in [0.15, 0.2) is 42.5 Å². The van der Waals surface area contributed by atoms with E-state index in [-0.39, 0.29) is 0 Å². The fourth-order valence-corrected chi connectivity index (χ4v) is 3.11. The molecule has 0 amide bonds. The largest absolute Gasteiger partial charge is 0.497 e. The first-order chi connectivity index (χ1) is 12.4. The molecule has 0 bridgehead atoms. The maximum Gasteiger partial charge on any atom is 0.416 e. The number of methoxy groups -OCH3 is 1. The van der Waals surface area contributed by atoms with Crippen LogP contribution in [0.3, 0.4) is 0 Å². The highest BCUT2D eigenvalue weighted by molar-refractivity contribution is 5.86. The summed E-state index contributed by atoms with van der Waals surface area (Å²) in [7, 11) is 1.64. The van der Waals surface area contributed by atoms with Gasteiger partial charge in [0.2, 0.25) is 0 Å². The van der Waals surface area contributed by atoms with Crippen LogP contribution in [0.4, 0.5) is 13.2 Å². The number of ether oxygens (including phenoxy) is 1. The molecule has 1 aromatic heterocycles. The number of benzene rings is 2. The Morgan fingerprint density at radius 3 is 2.65 bits per heavy atom. The van der Waals surface area contributed by atoms with Gasteiger partial charge >= 0.3 is 6.18 Å². The third kappa shape index (κ3) is 4.02. The maximum absolute atomic E-state index is 12.8. The summed E-state index contributed by atoms with van der Waals surface area (Å²) >= 11 is 0. The van der Waals surface area contributed by atoms with Gasteiger partial charge in [-0.3, -0.25) is 0 Å². The number of aromatic amines is 1. The summed E-state index contributed by atoms with van der Waals surface area (Å²) in [6.07, 6.45) is -3.53. The summed E-state index contributed by atoms with van der Waals surface area (Å²) in [6.45, 7) is 3.09. The molecule has 0 aliphatic heterocycles. The molecule has 2 aromatic carbocycles. The number of fused-ring (bicyclic) bond motifs is 1. The van der Waals surface area contributed by atoms with Crippen LogP contribution in [0.25, 0.3) is 10.9 Å². The van der Waals surface area contributed by atoms with Crippen molar-refractivity contribution in [3.05, 3.63) is 64.8 Å². The average Bonchev–Trinajstić information content (AvgIpc) is 2.92. The summed E-state index contributed by atoms with van der Waals surface area (Å²) in [5.41, 5.74) is 3.34. The monoisotopic (exact) mass is 362 g/mol. The molecule has 2 N–H and O–H groups in total. The van der Waals surface area contributed by atoms with Crippen LogP contribution in [0, 0.1) is 6.92 Å². The van der Waals surface area contributed by atoms with Gasteiger partial charge in [-0.25, -0.2) is 0 Å². The van der Waals surface area contributed by atoms with Crippen molar-refractivity contribution in [3.8, 4) is 5.75 Å². The second kappa shape index (κ2) is 7.41. The highest BCUT2D eigenvalue weighted by Gasteiger charge is 2.30. The molecule has 138 valence electrons. The van der Waals surface area contributed by atoms with E-state index < -0.39 is 11.7 Å². The van der Waals surface area contributed by atoms with E-state index in [1.54, 1.807) is 13.2 Å². The number of hydrogen-bond acceptors (Lipinski definition) is 2. The maximum atomic E-state index is 12.8. The second-order valence-electron chi connectivity index (χ2n) is 6.26. The summed E-state index contributed by atoms with van der Waals surface area (Å²) < 4.78 is 43.6. The minimum atomic E-state index is -4.31. The fourth-order valence-electron chi connectivity index (χ4n) is 3.11. The van der Waals surface area contributed by atoms with Crippen LogP contribution in [0.1, 0.15) is 22.4 Å². The molecule has 0 unspecified atom stereocenters. The van der Waals surface area contributed by atoms with Crippen LogP contribution in [-0.2, 0) is 19.1 Å². The zero-order valence-electron chi connectivity index (χ0n) is 14.7. The zero-order valence-corrected chi connectivity index (χ0v) is 14.7. The summed E-state index contributed by atoms with van der Waals surface area (Å²) in [4.78, 5) is 3.35. The first kappa shape index (κ1) is 18.3. The van der Waals surface area contributed by atoms with Crippen LogP contribution >= 0.6 is 0 Å². The second-order valence-corrected chi connectivity index (χ2v) is 6.26. The standard InChI is InChI=1S/C20H21F3N2O/c1-13-17(18-11-16(26-2)6-7-19(18)25-13)8-9-24-12-14-4-3-5-15(10-14)20(21,22)23/h3-7,10-11,24-25H,8-9,12H2,1-2H3. The van der Waals surface area contributed by atoms with Gasteiger partial charge in [0.15, 0.2) is 0 Å². The Bertz CT molecular complexity index is 900. The molecule has 0 atom stereocenters. The summed E-state index contributed by atoms with van der Waals surface area (Å²) in [5.74, 6) is 0.801. The van der Waals surface area contributed by atoms with Crippen molar-refractivity contribution in [3.63, 3.8) is 0 Å². The van der Waals surface area contributed by atoms with Gasteiger partial charge in [-0.05, 0) is 55.3 Å². The lowest BCUT2D eigenvalue weighted by atomic mass is 10.1. The third-order valence-electron chi connectivity index (χ3n) is 4.46. The average molecular weight is 362 g/mol. The number of alkyl halides is 3. The summed E-state index contributed by atoms with van der Waals surface area (Å²) in [6, 6.07) is 11.3. The van der Waals surface area contributed by atoms with Gasteiger partial charge in [0, 0.05) is 23.1 Å². The topological polar surface area (TPSA) is 37.0 Å². The lowest BCUT2D eigenvalue weighted by molar-refractivity contribution is -0.137. The molecule has 3 rings (SSSR count). The molecule has 0 aliphatic rings. The predicted molar refractivity (Wildman–Crippen MR) is 96.4 cm³/mol. The van der Waals surface area contributed by atoms with Crippen molar-refractivity contribution in [2.45, 2.75) is 26.1 Å². The van der Waals surface area contributed by atoms with Crippen molar-refractivity contribution in [1.82, 2.24) is 10.3 Å². The van der Waals surface area contributed by atoms with Crippen LogP contribution in [0.2, 0.25) is 0 Å². The van der Waals surface area contributed by atoms with E-state index >= 15 is 0 Å². The minimum Gasteiger partial charge on any atom is -0.497 e. The molecule has 6 heteroatoms. The van der Waals surface area contributed by atoms with Gasteiger partial charge in [-0.1, -0.05) is 18.2 Å². The van der Waals surface area contributed by atoms with Crippen LogP contribution in [-0.4, -0.2) is 18.6 Å². The van der Waals surface area contributed by atoms with Gasteiger partial charge in [-0.15, -0.1) is 0 Å². The number of H-pyrrole nitrogens is 1. The molecule has 3 nitrogen and oxygen atoms in total. The molecule has 1 heterocycles. The number of aromatic nitrogens is 1. The molecule has 26 heavy (non-hydrogen) atoms. The molecule has 0 aliphatic carbocycles. The molecule has 0 saturated carbocycles. The van der Waals surface area contributed by atoms with E-state index in [1.807, 2.05) is 25.1 Å². The Hall–Kier alpha value is -2.47. The lowest BCUT2D eigenvalue weighted by Crippen LogP contribution is -2.17. The first-order valence-electron chi connectivity index (χ1n) is 8.40. The number of halogens is 3. The van der Waals surface area contributed by atoms with E-state index in [2.05, 4.69) is 10.3 Å². The van der Waals surface area contributed by atoms with Crippen LogP contribution < -0.4 is 10.1 Å². The zero-order chi connectivity index (χ0) is 18.7. The van der Waals surface area contributed by atoms with Gasteiger partial charge in [-0.2, -0.15) is 13.2 Å². The Morgan fingerprint density at radius 1 is 1.12 bits per heavy atom. The molecule has 3 aromatic rings. The van der Waals surface area contributed by atoms with Gasteiger partial charge < -0.3 is 15.0 Å². The van der Waals surface area contributed by atoms with Crippen molar-refractivity contribution in [2.24, 2.45) is 0 Å². The Labute approximate surface area is 150 Å². The normalized spacial score (nSPS) is 11.9. The Morgan fingerprint density at radius 2 is 1.92 bits per heavy atom. The van der Waals surface area contributed by atoms with Crippen molar-refractivity contribution in [2.75, 3.05) is 13.7 Å². The molecular weight excluding hydrogens is 341 g/mol. The predicted octanol–water partition coefficient (Wildman–Crippen LogP) is 4.84. The molecule has 0 fully saturated rings. The van der Waals surface area contributed by atoms with Crippen molar-refractivity contribution >= 4 is 10.9 Å². The lowest BCUT2D eigenvalue weighted by Gasteiger charge is -2.10. The number of nitrogens with one attached hydrogen (secondary N) is 2. The number of aryl methyl sites for hydroxylation is 1. The molecule has 0 saturated heterocycles. The molecular formula is C20H21F3N2O. The quantitative estimate of drug-likeness (QED) is 0.616. The SMILES string of the molecule is COc1ccc2[nH]c(C)c(CCNCc3cccc(C(F)(F)F)c3)c2c1. The highest BCUT2D eigenvalue weighted by Crippen LogP contribution is 2.29. The molecule has 0 radical (unpaired) electrons. The fraction of sp³-hybridized carbons (Fsp3) is 0.300. The van der Waals surface area contributed by atoms with Crippen molar-refractivity contribution in [1.29, 1.82) is 0 Å².